The van der Waals surface area contributed by atoms with Crippen molar-refractivity contribution in [3.8, 4) is 61.6 Å². The predicted octanol–water partition coefficient (Wildman–Crippen LogP) is 13.4. The van der Waals surface area contributed by atoms with Crippen molar-refractivity contribution in [1.29, 1.82) is 0 Å². The van der Waals surface area contributed by atoms with Crippen molar-refractivity contribution in [2.75, 3.05) is 4.90 Å². The molecule has 0 saturated carbocycles. The van der Waals surface area contributed by atoms with Gasteiger partial charge in [0.2, 0.25) is 5.95 Å². The van der Waals surface area contributed by atoms with Crippen molar-refractivity contribution in [2.45, 2.75) is 0 Å². The van der Waals surface area contributed by atoms with Crippen LogP contribution in [0.5, 0.6) is 0 Å². The van der Waals surface area contributed by atoms with E-state index in [1.807, 2.05) is 0 Å². The van der Waals surface area contributed by atoms with Crippen LogP contribution in [0.3, 0.4) is 0 Å². The third kappa shape index (κ3) is 6.01. The zero-order chi connectivity index (χ0) is 45.5. The molecular formula is C64H42N4Si. The monoisotopic (exact) mass is 894 g/mol. The number of hydrogen-bond acceptors (Lipinski definition) is 3. The highest BCUT2D eigenvalue weighted by atomic mass is 28.3. The van der Waals surface area contributed by atoms with Crippen molar-refractivity contribution < 1.29 is 0 Å². The zero-order valence-corrected chi connectivity index (χ0v) is 38.5. The summed E-state index contributed by atoms with van der Waals surface area (Å²) in [7, 11) is -2.90. The number of aromatic nitrogens is 3. The predicted molar refractivity (Wildman–Crippen MR) is 289 cm³/mol. The molecule has 0 N–H and O–H groups in total. The third-order valence-electron chi connectivity index (χ3n) is 14.4. The highest BCUT2D eigenvalue weighted by Gasteiger charge is 2.54. The minimum Gasteiger partial charge on any atom is -0.309 e. The summed E-state index contributed by atoms with van der Waals surface area (Å²) in [6, 6.07) is 93.0. The molecule has 0 saturated heterocycles. The topological polar surface area (TPSA) is 34.0 Å². The minimum atomic E-state index is -2.90. The van der Waals surface area contributed by atoms with Crippen LogP contribution >= 0.6 is 0 Å². The molecule has 0 amide bonds. The Morgan fingerprint density at radius 3 is 1.51 bits per heavy atom. The Hall–Kier alpha value is -8.90. The smallest absolute Gasteiger partial charge is 0.235 e. The van der Waals surface area contributed by atoms with Crippen molar-refractivity contribution in [3.63, 3.8) is 0 Å². The molecule has 4 nitrogen and oxygen atoms in total. The highest BCUT2D eigenvalue weighted by Crippen LogP contribution is 2.44. The molecule has 0 atom stereocenters. The van der Waals surface area contributed by atoms with Crippen LogP contribution in [0.25, 0.3) is 83.4 Å². The van der Waals surface area contributed by atoms with E-state index < -0.39 is 8.07 Å². The summed E-state index contributed by atoms with van der Waals surface area (Å²) >= 11 is 0. The fourth-order valence-corrected chi connectivity index (χ4v) is 16.9. The van der Waals surface area contributed by atoms with Crippen LogP contribution in [0, 0.1) is 0 Å². The van der Waals surface area contributed by atoms with Gasteiger partial charge in [-0.1, -0.05) is 206 Å². The molecule has 14 rings (SSSR count). The van der Waals surface area contributed by atoms with Crippen LogP contribution in [0.1, 0.15) is 0 Å². The molecule has 0 radical (unpaired) electrons. The standard InChI is InChI=1S/C64H42N4Si/c1-4-19-43(20-5-1)46-25-18-26-49(39-46)67-56-30-13-10-27-50(56)53-40-47(35-37-57(53)67)48-36-38-63-59(41-48)68(64-65-54(44-21-6-2-7-22-44)42-55(66-64)45-23-8-3-9-24-45)58-31-14-17-34-62(58)69(63)60-32-15-11-28-51(60)52-29-12-16-33-61(52)69/h1-42H. The molecule has 0 fully saturated rings. The van der Waals surface area contributed by atoms with E-state index in [4.69, 9.17) is 9.97 Å². The van der Waals surface area contributed by atoms with Gasteiger partial charge in [-0.3, -0.25) is 4.90 Å². The van der Waals surface area contributed by atoms with Gasteiger partial charge in [0.15, 0.2) is 8.07 Å². The lowest BCUT2D eigenvalue weighted by Gasteiger charge is -2.43. The Morgan fingerprint density at radius 2 is 0.812 bits per heavy atom. The molecule has 0 bridgehead atoms. The Balaban J connectivity index is 1.02. The molecule has 0 aliphatic carbocycles. The molecule has 322 valence electrons. The van der Waals surface area contributed by atoms with Crippen LogP contribution in [-0.4, -0.2) is 22.6 Å². The van der Waals surface area contributed by atoms with Crippen LogP contribution in [-0.2, 0) is 0 Å². The van der Waals surface area contributed by atoms with Gasteiger partial charge >= 0.3 is 0 Å². The van der Waals surface area contributed by atoms with Gasteiger partial charge in [-0.05, 0) is 103 Å². The average Bonchev–Trinajstić information content (AvgIpc) is 3.92. The third-order valence-corrected chi connectivity index (χ3v) is 19.4. The average molecular weight is 895 g/mol. The maximum atomic E-state index is 5.52. The molecule has 10 aromatic carbocycles. The fraction of sp³-hybridized carbons (Fsp3) is 0. The van der Waals surface area contributed by atoms with Crippen molar-refractivity contribution in [3.05, 3.63) is 255 Å². The van der Waals surface area contributed by atoms with Crippen LogP contribution in [0.15, 0.2) is 255 Å². The summed E-state index contributed by atoms with van der Waals surface area (Å²) in [5, 5.41) is 7.93. The van der Waals surface area contributed by atoms with E-state index in [9.17, 15) is 0 Å². The Morgan fingerprint density at radius 1 is 0.304 bits per heavy atom. The fourth-order valence-electron chi connectivity index (χ4n) is 11.4. The number of nitrogens with zero attached hydrogens (tertiary/aromatic N) is 4. The normalized spacial score (nSPS) is 13.0. The lowest BCUT2D eigenvalue weighted by molar-refractivity contribution is 1.09. The van der Waals surface area contributed by atoms with Crippen LogP contribution in [0.4, 0.5) is 17.3 Å². The van der Waals surface area contributed by atoms with E-state index in [1.54, 1.807) is 0 Å². The molecule has 5 heteroatoms. The molecule has 69 heavy (non-hydrogen) atoms. The quantitative estimate of drug-likeness (QED) is 0.156. The summed E-state index contributed by atoms with van der Waals surface area (Å²) in [6.45, 7) is 0. The van der Waals surface area contributed by atoms with Gasteiger partial charge < -0.3 is 4.57 Å². The molecular weight excluding hydrogens is 853 g/mol. The van der Waals surface area contributed by atoms with Gasteiger partial charge in [0.1, 0.15) is 0 Å². The minimum absolute atomic E-state index is 0.640. The van der Waals surface area contributed by atoms with Crippen LogP contribution < -0.4 is 25.6 Å². The maximum Gasteiger partial charge on any atom is 0.235 e. The lowest BCUT2D eigenvalue weighted by Crippen LogP contribution is -2.75. The van der Waals surface area contributed by atoms with Crippen LogP contribution in [0.2, 0.25) is 0 Å². The van der Waals surface area contributed by atoms with Gasteiger partial charge in [0.25, 0.3) is 0 Å². The number of anilines is 3. The molecule has 0 unspecified atom stereocenters. The van der Waals surface area contributed by atoms with E-state index in [-0.39, 0.29) is 0 Å². The second-order valence-electron chi connectivity index (χ2n) is 18.1. The first-order valence-corrected chi connectivity index (χ1v) is 25.7. The first kappa shape index (κ1) is 39.3. The molecule has 2 aliphatic heterocycles. The molecule has 1 spiro atoms. The SMILES string of the molecule is c1ccc(-c2cccc(-n3c4ccccc4c4cc(-c5ccc6c(c5)N(c5nc(-c7ccccc7)cc(-c7ccccc7)n5)c5ccccc5[Si]65c6ccccc6-c6ccccc65)ccc43)c2)cc1. The first-order valence-electron chi connectivity index (χ1n) is 23.7. The lowest BCUT2D eigenvalue weighted by atomic mass is 10.0. The summed E-state index contributed by atoms with van der Waals surface area (Å²) in [5.41, 5.74) is 16.9. The maximum absolute atomic E-state index is 5.52. The van der Waals surface area contributed by atoms with Crippen molar-refractivity contribution in [1.82, 2.24) is 14.5 Å². The summed E-state index contributed by atoms with van der Waals surface area (Å²) < 4.78 is 2.41. The summed E-state index contributed by atoms with van der Waals surface area (Å²) in [6.07, 6.45) is 0. The van der Waals surface area contributed by atoms with Gasteiger partial charge in [-0.2, -0.15) is 0 Å². The number of fused-ring (bicyclic) bond motifs is 12. The van der Waals surface area contributed by atoms with Gasteiger partial charge in [-0.25, -0.2) is 9.97 Å². The van der Waals surface area contributed by atoms with E-state index in [1.165, 1.54) is 64.8 Å². The van der Waals surface area contributed by atoms with Crippen molar-refractivity contribution >= 4 is 67.9 Å². The van der Waals surface area contributed by atoms with E-state index >= 15 is 0 Å². The molecule has 2 aromatic heterocycles. The first-order chi connectivity index (χ1) is 34.2. The van der Waals surface area contributed by atoms with Crippen molar-refractivity contribution in [2.24, 2.45) is 0 Å². The number of hydrogen-bond donors (Lipinski definition) is 0. The Kier molecular flexibility index (Phi) is 8.88. The molecule has 2 aliphatic rings. The number of benzene rings is 10. The van der Waals surface area contributed by atoms with E-state index in [2.05, 4.69) is 264 Å². The summed E-state index contributed by atoms with van der Waals surface area (Å²) in [5.74, 6) is 0.640. The number of para-hydroxylation sites is 2. The van der Waals surface area contributed by atoms with Gasteiger partial charge in [0, 0.05) is 33.3 Å². The Bertz CT molecular complexity index is 3870. The second-order valence-corrected chi connectivity index (χ2v) is 21.8. The largest absolute Gasteiger partial charge is 0.309 e. The van der Waals surface area contributed by atoms with Gasteiger partial charge in [0.05, 0.1) is 28.1 Å². The molecule has 12 aromatic rings. The highest BCUT2D eigenvalue weighted by molar-refractivity contribution is 7.23. The van der Waals surface area contributed by atoms with E-state index in [0.717, 1.165) is 50.7 Å². The summed E-state index contributed by atoms with van der Waals surface area (Å²) in [4.78, 5) is 13.4. The second kappa shape index (κ2) is 15.6. The van der Waals surface area contributed by atoms with E-state index in [0.29, 0.717) is 5.95 Å². The number of rotatable bonds is 6. The van der Waals surface area contributed by atoms with Gasteiger partial charge in [-0.15, -0.1) is 0 Å². The zero-order valence-electron chi connectivity index (χ0n) is 37.5. The molecule has 4 heterocycles. The Labute approximate surface area is 401 Å².